The maximum Gasteiger partial charge on any atom is 0.274 e. The number of nitrogens with zero attached hydrogens (tertiary/aromatic N) is 1. The molecule has 152 valence electrons. The van der Waals surface area contributed by atoms with E-state index < -0.39 is 22.5 Å². The largest absolute Gasteiger partial charge is 0.495 e. The molecule has 0 atom stereocenters. The summed E-state index contributed by atoms with van der Waals surface area (Å²) in [6.45, 7) is 1.39. The van der Waals surface area contributed by atoms with E-state index >= 15 is 0 Å². The lowest BCUT2D eigenvalue weighted by Gasteiger charge is -2.25. The molecule has 0 bridgehead atoms. The van der Waals surface area contributed by atoms with Gasteiger partial charge in [-0.25, -0.2) is 8.42 Å². The van der Waals surface area contributed by atoms with Gasteiger partial charge in [-0.2, -0.15) is 0 Å². The summed E-state index contributed by atoms with van der Waals surface area (Å²) in [5.41, 5.74) is 1.62. The van der Waals surface area contributed by atoms with Gasteiger partial charge in [-0.1, -0.05) is 29.8 Å². The van der Waals surface area contributed by atoms with Crippen molar-refractivity contribution in [3.05, 3.63) is 70.6 Å². The minimum Gasteiger partial charge on any atom is -0.495 e. The van der Waals surface area contributed by atoms with Crippen LogP contribution < -0.4 is 14.4 Å². The second-order valence-electron chi connectivity index (χ2n) is 6.12. The van der Waals surface area contributed by atoms with E-state index in [2.05, 4.69) is 5.32 Å². The van der Waals surface area contributed by atoms with Crippen LogP contribution in [-0.4, -0.2) is 28.0 Å². The molecule has 0 saturated carbocycles. The molecule has 1 heterocycles. The number of anilines is 2. The number of rotatable bonds is 7. The molecular formula is C20H19ClN2O4S2. The van der Waals surface area contributed by atoms with Crippen molar-refractivity contribution in [1.29, 1.82) is 0 Å². The second-order valence-corrected chi connectivity index (χ2v) is 9.60. The molecular weight excluding hydrogens is 432 g/mol. The molecule has 0 saturated heterocycles. The molecule has 0 radical (unpaired) electrons. The minimum atomic E-state index is -3.96. The number of nitrogens with one attached hydrogen (secondary N) is 1. The number of hydrogen-bond acceptors (Lipinski definition) is 5. The van der Waals surface area contributed by atoms with Gasteiger partial charge in [0.2, 0.25) is 5.91 Å². The van der Waals surface area contributed by atoms with E-state index in [4.69, 9.17) is 16.3 Å². The van der Waals surface area contributed by atoms with Gasteiger partial charge in [0, 0.05) is 10.7 Å². The topological polar surface area (TPSA) is 75.7 Å². The molecule has 3 rings (SSSR count). The number of carbonyl (C=O) groups excluding carboxylic acids is 1. The average Bonchev–Trinajstić information content (AvgIpc) is 3.24. The van der Waals surface area contributed by atoms with E-state index in [1.165, 1.54) is 13.2 Å². The zero-order valence-electron chi connectivity index (χ0n) is 15.8. The van der Waals surface area contributed by atoms with E-state index in [1.54, 1.807) is 53.9 Å². The zero-order chi connectivity index (χ0) is 21.0. The van der Waals surface area contributed by atoms with Gasteiger partial charge in [-0.05, 0) is 54.3 Å². The van der Waals surface area contributed by atoms with E-state index in [1.807, 2.05) is 6.92 Å². The number of hydrogen-bond donors (Lipinski definition) is 1. The Balaban J connectivity index is 1.96. The maximum absolute atomic E-state index is 13.2. The van der Waals surface area contributed by atoms with Crippen LogP contribution in [0.1, 0.15) is 5.56 Å². The summed E-state index contributed by atoms with van der Waals surface area (Å²) in [5.74, 6) is -0.135. The number of aryl methyl sites for hydroxylation is 1. The number of methoxy groups -OCH3 is 1. The molecule has 6 nitrogen and oxygen atoms in total. The van der Waals surface area contributed by atoms with Crippen LogP contribution in [0.25, 0.3) is 0 Å². The number of sulfonamides is 1. The lowest BCUT2D eigenvalue weighted by Crippen LogP contribution is -2.38. The molecule has 1 aromatic heterocycles. The van der Waals surface area contributed by atoms with Crippen molar-refractivity contribution in [2.45, 2.75) is 11.1 Å². The molecule has 0 aliphatic carbocycles. The van der Waals surface area contributed by atoms with Gasteiger partial charge in [0.1, 0.15) is 16.5 Å². The monoisotopic (exact) mass is 450 g/mol. The summed E-state index contributed by atoms with van der Waals surface area (Å²) in [5, 5.41) is 4.97. The van der Waals surface area contributed by atoms with E-state index in [0.717, 1.165) is 21.2 Å². The van der Waals surface area contributed by atoms with Gasteiger partial charge in [0.15, 0.2) is 0 Å². The molecule has 1 amide bonds. The number of para-hydroxylation sites is 2. The third kappa shape index (κ3) is 4.72. The molecule has 0 aliphatic rings. The van der Waals surface area contributed by atoms with Crippen LogP contribution in [-0.2, 0) is 14.8 Å². The number of ether oxygens (including phenoxy) is 1. The Morgan fingerprint density at radius 2 is 1.93 bits per heavy atom. The fourth-order valence-electron chi connectivity index (χ4n) is 2.74. The van der Waals surface area contributed by atoms with Crippen molar-refractivity contribution in [1.82, 2.24) is 0 Å². The summed E-state index contributed by atoms with van der Waals surface area (Å²) in [6, 6.07) is 14.9. The molecule has 0 fully saturated rings. The van der Waals surface area contributed by atoms with E-state index in [-0.39, 0.29) is 9.90 Å². The molecule has 0 unspecified atom stereocenters. The molecule has 1 N–H and O–H groups in total. The van der Waals surface area contributed by atoms with Crippen LogP contribution in [0, 0.1) is 6.92 Å². The van der Waals surface area contributed by atoms with Crippen LogP contribution in [0.15, 0.2) is 64.2 Å². The smallest absolute Gasteiger partial charge is 0.274 e. The summed E-state index contributed by atoms with van der Waals surface area (Å²) in [7, 11) is -2.51. The first kappa shape index (κ1) is 21.2. The van der Waals surface area contributed by atoms with Crippen LogP contribution in [0.5, 0.6) is 5.75 Å². The van der Waals surface area contributed by atoms with Crippen LogP contribution in [0.2, 0.25) is 5.02 Å². The molecule has 9 heteroatoms. The standard InChI is InChI=1S/C20H19ClN2O4S2/c1-14-12-15(21)9-10-16(14)22-19(24)13-23(17-6-3-4-7-18(17)27-2)29(25,26)20-8-5-11-28-20/h3-12H,13H2,1-2H3,(H,22,24). The molecule has 29 heavy (non-hydrogen) atoms. The first-order chi connectivity index (χ1) is 13.8. The second kappa shape index (κ2) is 8.86. The lowest BCUT2D eigenvalue weighted by atomic mass is 10.2. The summed E-state index contributed by atoms with van der Waals surface area (Å²) in [6.07, 6.45) is 0. The Morgan fingerprint density at radius 1 is 1.17 bits per heavy atom. The van der Waals surface area contributed by atoms with Gasteiger partial charge in [0.05, 0.1) is 12.8 Å². The predicted octanol–water partition coefficient (Wildman–Crippen LogP) is 4.55. The Labute approximate surface area is 178 Å². The molecule has 0 spiro atoms. The first-order valence-corrected chi connectivity index (χ1v) is 11.3. The van der Waals surface area contributed by atoms with Crippen LogP contribution in [0.3, 0.4) is 0 Å². The van der Waals surface area contributed by atoms with Gasteiger partial charge in [-0.3, -0.25) is 9.10 Å². The Morgan fingerprint density at radius 3 is 2.59 bits per heavy atom. The highest BCUT2D eigenvalue weighted by atomic mass is 35.5. The Bertz CT molecular complexity index is 1120. The number of amides is 1. The highest BCUT2D eigenvalue weighted by Gasteiger charge is 2.30. The van der Waals surface area contributed by atoms with E-state index in [0.29, 0.717) is 16.5 Å². The van der Waals surface area contributed by atoms with Gasteiger partial charge >= 0.3 is 0 Å². The number of thiophene rings is 1. The fourth-order valence-corrected chi connectivity index (χ4v) is 5.50. The third-order valence-electron chi connectivity index (χ3n) is 4.14. The Kier molecular flexibility index (Phi) is 6.46. The molecule has 2 aromatic carbocycles. The predicted molar refractivity (Wildman–Crippen MR) is 117 cm³/mol. The third-order valence-corrected chi connectivity index (χ3v) is 7.51. The highest BCUT2D eigenvalue weighted by molar-refractivity contribution is 7.94. The van der Waals surface area contributed by atoms with Crippen LogP contribution in [0.4, 0.5) is 11.4 Å². The van der Waals surface area contributed by atoms with E-state index in [9.17, 15) is 13.2 Å². The lowest BCUT2D eigenvalue weighted by molar-refractivity contribution is -0.114. The zero-order valence-corrected chi connectivity index (χ0v) is 18.1. The minimum absolute atomic E-state index is 0.138. The van der Waals surface area contributed by atoms with Crippen molar-refractivity contribution in [2.75, 3.05) is 23.3 Å². The van der Waals surface area contributed by atoms with Crippen LogP contribution >= 0.6 is 22.9 Å². The van der Waals surface area contributed by atoms with Gasteiger partial charge in [-0.15, -0.1) is 11.3 Å². The average molecular weight is 451 g/mol. The molecule has 3 aromatic rings. The first-order valence-electron chi connectivity index (χ1n) is 8.58. The van der Waals surface area contributed by atoms with Crippen molar-refractivity contribution in [3.8, 4) is 5.75 Å². The number of carbonyl (C=O) groups is 1. The molecule has 0 aliphatic heterocycles. The highest BCUT2D eigenvalue weighted by Crippen LogP contribution is 2.33. The SMILES string of the molecule is COc1ccccc1N(CC(=O)Nc1ccc(Cl)cc1C)S(=O)(=O)c1cccs1. The van der Waals surface area contributed by atoms with Crippen molar-refractivity contribution >= 4 is 50.2 Å². The number of benzene rings is 2. The Hall–Kier alpha value is -2.55. The maximum atomic E-state index is 13.2. The fraction of sp³-hybridized carbons (Fsp3) is 0.150. The van der Waals surface area contributed by atoms with Gasteiger partial charge < -0.3 is 10.1 Å². The van der Waals surface area contributed by atoms with Gasteiger partial charge in [0.25, 0.3) is 10.0 Å². The van der Waals surface area contributed by atoms with Crippen molar-refractivity contribution < 1.29 is 17.9 Å². The quantitative estimate of drug-likeness (QED) is 0.572. The summed E-state index contributed by atoms with van der Waals surface area (Å²) in [4.78, 5) is 12.8. The van der Waals surface area contributed by atoms with Crippen molar-refractivity contribution in [3.63, 3.8) is 0 Å². The summed E-state index contributed by atoms with van der Waals surface area (Å²) < 4.78 is 33.0. The summed E-state index contributed by atoms with van der Waals surface area (Å²) >= 11 is 7.04. The number of halogens is 1. The normalized spacial score (nSPS) is 11.1. The van der Waals surface area contributed by atoms with Crippen molar-refractivity contribution in [2.24, 2.45) is 0 Å².